The second kappa shape index (κ2) is 3.48. The zero-order chi connectivity index (χ0) is 11.1. The van der Waals surface area contributed by atoms with Crippen LogP contribution in [0.5, 0.6) is 0 Å². The maximum atomic E-state index is 13.4. The first kappa shape index (κ1) is 10.4. The van der Waals surface area contributed by atoms with Crippen LogP contribution in [0.4, 0.5) is 10.1 Å². The van der Waals surface area contributed by atoms with Crippen LogP contribution in [-0.4, -0.2) is 21.2 Å². The lowest BCUT2D eigenvalue weighted by Crippen LogP contribution is -2.34. The first-order valence-corrected chi connectivity index (χ1v) is 6.60. The summed E-state index contributed by atoms with van der Waals surface area (Å²) in [5.74, 6) is -0.319. The van der Waals surface area contributed by atoms with Gasteiger partial charge in [0.05, 0.1) is 11.9 Å². The average Bonchev–Trinajstić information content (AvgIpc) is 2.16. The summed E-state index contributed by atoms with van der Waals surface area (Å²) in [5.41, 5.74) is 0.998. The van der Waals surface area contributed by atoms with Crippen LogP contribution in [0, 0.1) is 5.82 Å². The summed E-state index contributed by atoms with van der Waals surface area (Å²) in [5, 5.41) is 0. The van der Waals surface area contributed by atoms with Gasteiger partial charge in [0, 0.05) is 12.1 Å². The number of hydrogen-bond donors (Lipinski definition) is 0. The van der Waals surface area contributed by atoms with Crippen LogP contribution < -0.4 is 4.31 Å². The highest BCUT2D eigenvalue weighted by molar-refractivity contribution is 7.92. The Balaban J connectivity index is 2.57. The van der Waals surface area contributed by atoms with Gasteiger partial charge in [-0.15, -0.1) is 0 Å². The second-order valence-electron chi connectivity index (χ2n) is 3.68. The topological polar surface area (TPSA) is 37.4 Å². The van der Waals surface area contributed by atoms with Crippen molar-refractivity contribution in [3.63, 3.8) is 0 Å². The summed E-state index contributed by atoms with van der Waals surface area (Å²) in [6.07, 6.45) is 2.42. The molecule has 82 valence electrons. The second-order valence-corrected chi connectivity index (χ2v) is 5.58. The van der Waals surface area contributed by atoms with Gasteiger partial charge in [0.15, 0.2) is 0 Å². The number of fused-ring (bicyclic) bond motifs is 1. The third kappa shape index (κ3) is 1.84. The Morgan fingerprint density at radius 1 is 1.40 bits per heavy atom. The number of halogens is 1. The van der Waals surface area contributed by atoms with Gasteiger partial charge >= 0.3 is 0 Å². The highest BCUT2D eigenvalue weighted by Crippen LogP contribution is 2.30. The SMILES string of the molecule is CS(=O)(=O)N1CCCc2c(F)cccc21. The molecule has 0 aliphatic carbocycles. The summed E-state index contributed by atoms with van der Waals surface area (Å²) in [6, 6.07) is 4.56. The van der Waals surface area contributed by atoms with Crippen LogP contribution in [-0.2, 0) is 16.4 Å². The molecule has 0 fully saturated rings. The molecule has 3 nitrogen and oxygen atoms in total. The molecular weight excluding hydrogens is 217 g/mol. The third-order valence-corrected chi connectivity index (χ3v) is 3.73. The lowest BCUT2D eigenvalue weighted by molar-refractivity contribution is 0.581. The summed E-state index contributed by atoms with van der Waals surface area (Å²) in [6.45, 7) is 0.440. The number of nitrogens with zero attached hydrogens (tertiary/aromatic N) is 1. The van der Waals surface area contributed by atoms with E-state index in [9.17, 15) is 12.8 Å². The molecule has 0 spiro atoms. The predicted octanol–water partition coefficient (Wildman–Crippen LogP) is 1.54. The standard InChI is InChI=1S/C10H12FNO2S/c1-15(13,14)12-7-3-4-8-9(11)5-2-6-10(8)12/h2,5-6H,3-4,7H2,1H3. The van der Waals surface area contributed by atoms with Crippen molar-refractivity contribution in [3.8, 4) is 0 Å². The molecule has 1 heterocycles. The molecular formula is C10H12FNO2S. The molecule has 0 amide bonds. The van der Waals surface area contributed by atoms with Crippen LogP contribution in [0.15, 0.2) is 18.2 Å². The maximum absolute atomic E-state index is 13.4. The lowest BCUT2D eigenvalue weighted by atomic mass is 10.0. The number of benzene rings is 1. The maximum Gasteiger partial charge on any atom is 0.232 e. The van der Waals surface area contributed by atoms with Crippen molar-refractivity contribution in [1.29, 1.82) is 0 Å². The normalized spacial score (nSPS) is 16.3. The zero-order valence-corrected chi connectivity index (χ0v) is 9.22. The van der Waals surface area contributed by atoms with Gasteiger partial charge in [0.25, 0.3) is 0 Å². The van der Waals surface area contributed by atoms with E-state index >= 15 is 0 Å². The number of hydrogen-bond acceptors (Lipinski definition) is 2. The molecule has 0 bridgehead atoms. The molecule has 5 heteroatoms. The molecule has 1 aromatic carbocycles. The third-order valence-electron chi connectivity index (χ3n) is 2.55. The van der Waals surface area contributed by atoms with E-state index in [0.29, 0.717) is 30.6 Å². The van der Waals surface area contributed by atoms with Gasteiger partial charge in [-0.05, 0) is 25.0 Å². The minimum Gasteiger partial charge on any atom is -0.270 e. The van der Waals surface area contributed by atoms with Crippen molar-refractivity contribution < 1.29 is 12.8 Å². The minimum absolute atomic E-state index is 0.319. The molecule has 1 aromatic rings. The van der Waals surface area contributed by atoms with Crippen molar-refractivity contribution in [3.05, 3.63) is 29.6 Å². The van der Waals surface area contributed by atoms with E-state index in [-0.39, 0.29) is 5.82 Å². The molecule has 0 N–H and O–H groups in total. The van der Waals surface area contributed by atoms with Crippen molar-refractivity contribution in [1.82, 2.24) is 0 Å². The number of rotatable bonds is 1. The molecule has 0 atom stereocenters. The van der Waals surface area contributed by atoms with Crippen LogP contribution >= 0.6 is 0 Å². The lowest BCUT2D eigenvalue weighted by Gasteiger charge is -2.29. The average molecular weight is 229 g/mol. The molecule has 1 aliphatic heterocycles. The summed E-state index contributed by atoms with van der Waals surface area (Å²) < 4.78 is 37.6. The molecule has 2 rings (SSSR count). The van der Waals surface area contributed by atoms with E-state index in [0.717, 1.165) is 6.26 Å². The predicted molar refractivity (Wildman–Crippen MR) is 56.9 cm³/mol. The van der Waals surface area contributed by atoms with Gasteiger partial charge in [-0.25, -0.2) is 12.8 Å². The van der Waals surface area contributed by atoms with Gasteiger partial charge in [-0.3, -0.25) is 4.31 Å². The first-order chi connectivity index (χ1) is 7.00. The minimum atomic E-state index is -3.29. The van der Waals surface area contributed by atoms with Gasteiger partial charge in [-0.2, -0.15) is 0 Å². The molecule has 1 aliphatic rings. The van der Waals surface area contributed by atoms with Gasteiger partial charge in [-0.1, -0.05) is 6.07 Å². The fourth-order valence-electron chi connectivity index (χ4n) is 1.89. The van der Waals surface area contributed by atoms with Crippen LogP contribution in [0.1, 0.15) is 12.0 Å². The van der Waals surface area contributed by atoms with Crippen molar-refractivity contribution in [2.75, 3.05) is 17.1 Å². The van der Waals surface area contributed by atoms with Crippen LogP contribution in [0.3, 0.4) is 0 Å². The van der Waals surface area contributed by atoms with E-state index in [1.807, 2.05) is 0 Å². The Bertz CT molecular complexity index is 484. The Kier molecular flexibility index (Phi) is 2.42. The number of sulfonamides is 1. The highest BCUT2D eigenvalue weighted by atomic mass is 32.2. The summed E-state index contributed by atoms with van der Waals surface area (Å²) in [4.78, 5) is 0. The Morgan fingerprint density at radius 2 is 2.13 bits per heavy atom. The Morgan fingerprint density at radius 3 is 2.80 bits per heavy atom. The van der Waals surface area contributed by atoms with Crippen molar-refractivity contribution in [2.24, 2.45) is 0 Å². The quantitative estimate of drug-likeness (QED) is 0.732. The highest BCUT2D eigenvalue weighted by Gasteiger charge is 2.25. The molecule has 0 saturated heterocycles. The Labute approximate surface area is 88.6 Å². The first-order valence-electron chi connectivity index (χ1n) is 4.75. The monoisotopic (exact) mass is 229 g/mol. The van der Waals surface area contributed by atoms with E-state index in [4.69, 9.17) is 0 Å². The fraction of sp³-hybridized carbons (Fsp3) is 0.400. The summed E-state index contributed by atoms with van der Waals surface area (Å²) >= 11 is 0. The molecule has 0 saturated carbocycles. The van der Waals surface area contributed by atoms with Crippen molar-refractivity contribution >= 4 is 15.7 Å². The van der Waals surface area contributed by atoms with Gasteiger partial charge in [0.2, 0.25) is 10.0 Å². The van der Waals surface area contributed by atoms with E-state index in [1.54, 1.807) is 6.07 Å². The molecule has 0 unspecified atom stereocenters. The smallest absolute Gasteiger partial charge is 0.232 e. The van der Waals surface area contributed by atoms with E-state index < -0.39 is 10.0 Å². The zero-order valence-electron chi connectivity index (χ0n) is 8.40. The van der Waals surface area contributed by atoms with E-state index in [1.165, 1.54) is 16.4 Å². The van der Waals surface area contributed by atoms with Gasteiger partial charge in [0.1, 0.15) is 5.82 Å². The molecule has 15 heavy (non-hydrogen) atoms. The number of anilines is 1. The van der Waals surface area contributed by atoms with Crippen LogP contribution in [0.2, 0.25) is 0 Å². The van der Waals surface area contributed by atoms with E-state index in [2.05, 4.69) is 0 Å². The van der Waals surface area contributed by atoms with Crippen molar-refractivity contribution in [2.45, 2.75) is 12.8 Å². The fourth-order valence-corrected chi connectivity index (χ4v) is 2.88. The summed E-state index contributed by atoms with van der Waals surface area (Å²) in [7, 11) is -3.29. The molecule has 0 radical (unpaired) electrons. The Hall–Kier alpha value is -1.10. The van der Waals surface area contributed by atoms with Crippen LogP contribution in [0.25, 0.3) is 0 Å². The largest absolute Gasteiger partial charge is 0.270 e. The molecule has 0 aromatic heterocycles. The van der Waals surface area contributed by atoms with Gasteiger partial charge < -0.3 is 0 Å².